The number of quaternary nitrogens is 1. The van der Waals surface area contributed by atoms with Gasteiger partial charge in [0.2, 0.25) is 0 Å². The molecule has 0 spiro atoms. The Kier molecular flexibility index (Phi) is 5.45. The molecule has 1 nitrogen and oxygen atoms in total. The van der Waals surface area contributed by atoms with Gasteiger partial charge >= 0.3 is 0 Å². The lowest BCUT2D eigenvalue weighted by Gasteiger charge is -2.38. The molecule has 24 heavy (non-hydrogen) atoms. The summed E-state index contributed by atoms with van der Waals surface area (Å²) in [5.74, 6) is 0. The van der Waals surface area contributed by atoms with Crippen LogP contribution < -0.4 is 4.48 Å². The largest absolute Gasteiger partial charge is 0.255 e. The lowest BCUT2D eigenvalue weighted by molar-refractivity contribution is 0.366. The number of para-hydroxylation sites is 2. The number of hydrogen-bond donors (Lipinski definition) is 0. The van der Waals surface area contributed by atoms with Crippen LogP contribution in [-0.4, -0.2) is 6.54 Å². The maximum absolute atomic E-state index is 2.27. The van der Waals surface area contributed by atoms with Crippen LogP contribution in [0.1, 0.15) is 25.3 Å². The Labute approximate surface area is 145 Å². The molecule has 1 heteroatoms. The van der Waals surface area contributed by atoms with Crippen molar-refractivity contribution in [2.24, 2.45) is 0 Å². The second-order valence-electron chi connectivity index (χ2n) is 6.36. The third kappa shape index (κ3) is 3.58. The third-order valence-corrected chi connectivity index (χ3v) is 4.69. The first-order valence-electron chi connectivity index (χ1n) is 8.87. The van der Waals surface area contributed by atoms with Crippen LogP contribution in [-0.2, 0) is 6.54 Å². The molecule has 0 atom stereocenters. The summed E-state index contributed by atoms with van der Waals surface area (Å²) in [6.07, 6.45) is 2.41. The van der Waals surface area contributed by atoms with Crippen LogP contribution in [0.15, 0.2) is 91.0 Å². The Balaban J connectivity index is 2.12. The van der Waals surface area contributed by atoms with Crippen molar-refractivity contribution >= 4 is 11.4 Å². The summed E-state index contributed by atoms with van der Waals surface area (Å²) in [4.78, 5) is 0. The zero-order valence-corrected chi connectivity index (χ0v) is 14.4. The molecule has 3 aromatic rings. The molecular formula is C23H26N+. The molecule has 0 unspecified atom stereocenters. The molecule has 3 aromatic carbocycles. The maximum atomic E-state index is 2.27. The predicted octanol–water partition coefficient (Wildman–Crippen LogP) is 6.33. The Morgan fingerprint density at radius 1 is 0.625 bits per heavy atom. The molecule has 0 amide bonds. The highest BCUT2D eigenvalue weighted by atomic mass is 15.4. The molecule has 0 aromatic heterocycles. The van der Waals surface area contributed by atoms with Crippen molar-refractivity contribution in [3.05, 3.63) is 96.6 Å². The smallest absolute Gasteiger partial charge is 0.138 e. The van der Waals surface area contributed by atoms with Gasteiger partial charge in [0, 0.05) is 5.56 Å². The normalized spacial score (nSPS) is 11.4. The first-order valence-corrected chi connectivity index (χ1v) is 8.87. The number of unbranched alkanes of at least 4 members (excludes halogenated alkanes) is 1. The van der Waals surface area contributed by atoms with Gasteiger partial charge in [-0.1, -0.05) is 80.1 Å². The van der Waals surface area contributed by atoms with E-state index in [1.807, 2.05) is 0 Å². The van der Waals surface area contributed by atoms with E-state index in [0.717, 1.165) is 17.6 Å². The standard InChI is InChI=1S/C23H26N/c1-2-3-19-24(22-15-9-5-10-16-22,23-17-11-6-12-18-23)20-21-13-7-4-8-14-21/h4-18H,2-3,19-20H2,1H3/q+1. The van der Waals surface area contributed by atoms with Gasteiger partial charge in [-0.15, -0.1) is 0 Å². The molecular weight excluding hydrogens is 290 g/mol. The summed E-state index contributed by atoms with van der Waals surface area (Å²) in [7, 11) is 0. The predicted molar refractivity (Wildman–Crippen MR) is 104 cm³/mol. The van der Waals surface area contributed by atoms with Crippen LogP contribution in [0.5, 0.6) is 0 Å². The Morgan fingerprint density at radius 3 is 1.54 bits per heavy atom. The molecule has 0 aliphatic heterocycles. The van der Waals surface area contributed by atoms with Crippen molar-refractivity contribution in [1.29, 1.82) is 0 Å². The van der Waals surface area contributed by atoms with E-state index in [1.165, 1.54) is 29.8 Å². The van der Waals surface area contributed by atoms with Gasteiger partial charge in [0.1, 0.15) is 17.9 Å². The van der Waals surface area contributed by atoms with Crippen molar-refractivity contribution in [2.75, 3.05) is 6.54 Å². The first-order chi connectivity index (χ1) is 11.8. The van der Waals surface area contributed by atoms with E-state index in [0.29, 0.717) is 0 Å². The van der Waals surface area contributed by atoms with Crippen LogP contribution in [0, 0.1) is 0 Å². The molecule has 0 aliphatic carbocycles. The van der Waals surface area contributed by atoms with Crippen LogP contribution in [0.2, 0.25) is 0 Å². The van der Waals surface area contributed by atoms with Gasteiger partial charge in [-0.25, -0.2) is 0 Å². The highest BCUT2D eigenvalue weighted by Gasteiger charge is 2.32. The van der Waals surface area contributed by atoms with E-state index < -0.39 is 0 Å². The minimum Gasteiger partial charge on any atom is -0.255 e. The minimum absolute atomic E-state index is 0.875. The second kappa shape index (κ2) is 7.94. The van der Waals surface area contributed by atoms with E-state index in [2.05, 4.69) is 97.9 Å². The summed E-state index contributed by atoms with van der Waals surface area (Å²) in [6, 6.07) is 32.8. The number of benzene rings is 3. The highest BCUT2D eigenvalue weighted by molar-refractivity contribution is 5.58. The van der Waals surface area contributed by atoms with Gasteiger partial charge in [0.25, 0.3) is 0 Å². The molecule has 0 radical (unpaired) electrons. The average Bonchev–Trinajstić information content (AvgIpc) is 2.67. The van der Waals surface area contributed by atoms with Gasteiger partial charge < -0.3 is 0 Å². The SMILES string of the molecule is CCCC[N+](Cc1ccccc1)(c1ccccc1)c1ccccc1. The molecule has 0 aliphatic rings. The quantitative estimate of drug-likeness (QED) is 0.447. The van der Waals surface area contributed by atoms with Crippen LogP contribution in [0.3, 0.4) is 0 Å². The fourth-order valence-corrected chi connectivity index (χ4v) is 3.42. The van der Waals surface area contributed by atoms with Crippen LogP contribution in [0.25, 0.3) is 0 Å². The second-order valence-corrected chi connectivity index (χ2v) is 6.36. The summed E-state index contributed by atoms with van der Waals surface area (Å²) in [6.45, 7) is 4.36. The summed E-state index contributed by atoms with van der Waals surface area (Å²) in [5, 5.41) is 0. The molecule has 122 valence electrons. The van der Waals surface area contributed by atoms with E-state index >= 15 is 0 Å². The van der Waals surface area contributed by atoms with E-state index in [4.69, 9.17) is 0 Å². The molecule has 0 saturated heterocycles. The van der Waals surface area contributed by atoms with Crippen molar-refractivity contribution in [3.63, 3.8) is 0 Å². The molecule has 0 fully saturated rings. The average molecular weight is 316 g/mol. The van der Waals surface area contributed by atoms with Crippen molar-refractivity contribution in [2.45, 2.75) is 26.3 Å². The zero-order valence-electron chi connectivity index (χ0n) is 14.4. The van der Waals surface area contributed by atoms with E-state index in [-0.39, 0.29) is 0 Å². The number of nitrogens with zero attached hydrogens (tertiary/aromatic N) is 1. The number of rotatable bonds is 7. The van der Waals surface area contributed by atoms with Gasteiger partial charge in [0.15, 0.2) is 0 Å². The minimum atomic E-state index is 0.875. The van der Waals surface area contributed by atoms with Crippen LogP contribution in [0.4, 0.5) is 11.4 Å². The van der Waals surface area contributed by atoms with Crippen LogP contribution >= 0.6 is 0 Å². The fraction of sp³-hybridized carbons (Fsp3) is 0.217. The topological polar surface area (TPSA) is 0 Å². The lowest BCUT2D eigenvalue weighted by Crippen LogP contribution is -2.44. The van der Waals surface area contributed by atoms with Crippen molar-refractivity contribution < 1.29 is 0 Å². The Bertz CT molecular complexity index is 680. The molecule has 0 saturated carbocycles. The molecule has 3 rings (SSSR count). The maximum Gasteiger partial charge on any atom is 0.138 e. The highest BCUT2D eigenvalue weighted by Crippen LogP contribution is 2.37. The fourth-order valence-electron chi connectivity index (χ4n) is 3.42. The lowest BCUT2D eigenvalue weighted by atomic mass is 10.1. The van der Waals surface area contributed by atoms with Gasteiger partial charge in [-0.2, -0.15) is 0 Å². The van der Waals surface area contributed by atoms with Crippen molar-refractivity contribution in [3.8, 4) is 0 Å². The van der Waals surface area contributed by atoms with E-state index in [9.17, 15) is 0 Å². The molecule has 0 N–H and O–H groups in total. The van der Waals surface area contributed by atoms with Gasteiger partial charge in [0.05, 0.1) is 6.54 Å². The van der Waals surface area contributed by atoms with Crippen molar-refractivity contribution in [1.82, 2.24) is 4.48 Å². The number of hydrogen-bond acceptors (Lipinski definition) is 0. The Hall–Kier alpha value is -2.38. The molecule has 0 heterocycles. The summed E-state index contributed by atoms with van der Waals surface area (Å²) >= 11 is 0. The summed E-state index contributed by atoms with van der Waals surface area (Å²) in [5.41, 5.74) is 4.10. The monoisotopic (exact) mass is 316 g/mol. The first kappa shape index (κ1) is 16.5. The van der Waals surface area contributed by atoms with Gasteiger partial charge in [-0.05, 0) is 30.7 Å². The van der Waals surface area contributed by atoms with E-state index in [1.54, 1.807) is 0 Å². The molecule has 0 bridgehead atoms. The zero-order chi connectivity index (χ0) is 16.7. The summed E-state index contributed by atoms with van der Waals surface area (Å²) < 4.78 is 0.875. The third-order valence-electron chi connectivity index (χ3n) is 4.69. The van der Waals surface area contributed by atoms with Gasteiger partial charge in [-0.3, -0.25) is 4.48 Å². The Morgan fingerprint density at radius 2 is 1.08 bits per heavy atom.